The van der Waals surface area contributed by atoms with Gasteiger partial charge >= 0.3 is 0 Å². The van der Waals surface area contributed by atoms with E-state index in [0.29, 0.717) is 77.8 Å². The summed E-state index contributed by atoms with van der Waals surface area (Å²) < 4.78 is 7.26. The molecule has 78 heavy (non-hydrogen) atoms. The summed E-state index contributed by atoms with van der Waals surface area (Å²) >= 11 is 9.91. The molecule has 9 rings (SSSR count). The Bertz CT molecular complexity index is 3400. The van der Waals surface area contributed by atoms with Crippen molar-refractivity contribution < 1.29 is 0 Å². The molecule has 6 aromatic heterocycles. The largest absolute Gasteiger partial charge is 0.274 e. The molecule has 0 unspecified atom stereocenters. The summed E-state index contributed by atoms with van der Waals surface area (Å²) in [6.45, 7) is 2.09. The van der Waals surface area contributed by atoms with Crippen LogP contribution in [0.1, 0.15) is 38.5 Å². The second kappa shape index (κ2) is 27.2. The van der Waals surface area contributed by atoms with E-state index in [9.17, 15) is 57.5 Å². The molecule has 0 amide bonds. The maximum atomic E-state index is 12.6. The summed E-state index contributed by atoms with van der Waals surface area (Å²) in [5.74, 6) is 5.12. The van der Waals surface area contributed by atoms with Crippen LogP contribution in [-0.4, -0.2) is 99.5 Å². The molecule has 0 aliphatic rings. The number of thioether (sulfide) groups is 6. The van der Waals surface area contributed by atoms with Crippen molar-refractivity contribution in [2.24, 2.45) is 0 Å². The van der Waals surface area contributed by atoms with Crippen LogP contribution in [0.5, 0.6) is 0 Å². The maximum Gasteiger partial charge on any atom is 0.261 e. The lowest BCUT2D eigenvalue weighted by atomic mass is 10.1. The van der Waals surface area contributed by atoms with Crippen LogP contribution < -0.4 is 66.7 Å². The van der Waals surface area contributed by atoms with Gasteiger partial charge in [-0.15, -0.1) is 0 Å². The summed E-state index contributed by atoms with van der Waals surface area (Å²) in [5, 5.41) is 2.72. The third-order valence-corrected chi connectivity index (χ3v) is 17.7. The molecule has 0 atom stereocenters. The second-order valence-electron chi connectivity index (χ2n) is 18.5. The van der Waals surface area contributed by atoms with Crippen LogP contribution in [0.4, 0.5) is 0 Å². The normalized spacial score (nSPS) is 11.8. The third kappa shape index (κ3) is 12.0. The Kier molecular flexibility index (Phi) is 21.0. The first-order valence-electron chi connectivity index (χ1n) is 25.2. The molecule has 0 N–H and O–H groups in total. The summed E-state index contributed by atoms with van der Waals surface area (Å²) in [6, 6.07) is 8.55. The quantitative estimate of drug-likeness (QED) is 0.0769. The first-order valence-corrected chi connectivity index (χ1v) is 33.5. The van der Waals surface area contributed by atoms with Gasteiger partial charge < -0.3 is 0 Å². The number of hydrogen-bond acceptors (Lipinski definition) is 18. The van der Waals surface area contributed by atoms with Crippen LogP contribution in [0.2, 0.25) is 0 Å². The van der Waals surface area contributed by atoms with Crippen molar-refractivity contribution in [2.45, 2.75) is 77.8 Å². The van der Waals surface area contributed by atoms with Crippen molar-refractivity contribution in [3.05, 3.63) is 161 Å². The van der Waals surface area contributed by atoms with Gasteiger partial charge in [-0.25, -0.2) is 0 Å². The molecule has 0 spiro atoms. The Morgan fingerprint density at radius 1 is 0.218 bits per heavy atom. The van der Waals surface area contributed by atoms with Gasteiger partial charge in [0.15, 0.2) is 0 Å². The van der Waals surface area contributed by atoms with E-state index < -0.39 is 0 Å². The zero-order chi connectivity index (χ0) is 56.5. The molecule has 9 aromatic rings. The first-order chi connectivity index (χ1) is 37.5. The highest BCUT2D eigenvalue weighted by Crippen LogP contribution is 2.18. The zero-order valence-electron chi connectivity index (χ0n) is 44.2. The molecular weight excluding hydrogens is 1120 g/mol. The van der Waals surface area contributed by atoms with Crippen LogP contribution >= 0.6 is 70.6 Å². The fourth-order valence-corrected chi connectivity index (χ4v) is 12.1. The van der Waals surface area contributed by atoms with Gasteiger partial charge in [0.1, 0.15) is 0 Å². The fourth-order valence-electron chi connectivity index (χ4n) is 9.64. The second-order valence-corrected chi connectivity index (χ2v) is 24.4. The first kappa shape index (κ1) is 60.2. The van der Waals surface area contributed by atoms with Crippen molar-refractivity contribution >= 4 is 135 Å². The number of benzene rings is 3. The molecule has 18 nitrogen and oxygen atoms in total. The van der Waals surface area contributed by atoms with Crippen molar-refractivity contribution in [3.8, 4) is 0 Å². The predicted molar refractivity (Wildman–Crippen MR) is 333 cm³/mol. The summed E-state index contributed by atoms with van der Waals surface area (Å²) in [6.07, 6.45) is 16.1. The molecule has 3 aromatic carbocycles. The van der Waals surface area contributed by atoms with Gasteiger partial charge in [0.05, 0.1) is 64.6 Å². The minimum Gasteiger partial charge on any atom is -0.274 e. The molecule has 0 radical (unpaired) electrons. The Morgan fingerprint density at radius 2 is 0.321 bits per heavy atom. The predicted octanol–water partition coefficient (Wildman–Crippen LogP) is 4.26. The molecule has 0 aliphatic carbocycles. The molecule has 24 heteroatoms. The highest BCUT2D eigenvalue weighted by atomic mass is 32.2. The van der Waals surface area contributed by atoms with Gasteiger partial charge in [-0.2, -0.15) is 70.6 Å². The zero-order valence-corrected chi connectivity index (χ0v) is 49.1. The van der Waals surface area contributed by atoms with Gasteiger partial charge in [0.25, 0.3) is 66.7 Å². The Hall–Kier alpha value is -5.40. The van der Waals surface area contributed by atoms with Crippen LogP contribution in [0.3, 0.4) is 0 Å². The van der Waals surface area contributed by atoms with Crippen LogP contribution in [0.15, 0.2) is 93.9 Å². The molecule has 6 heterocycles. The molecule has 0 aliphatic heterocycles. The lowest BCUT2D eigenvalue weighted by Gasteiger charge is -1.98. The SMILES string of the molecule is CSCCCn1c(=O)c2cc3c(=O)n(CCCSC)c(=O)c3cc2c1=O.CSCCCn1c(=O)c2cc3c(=O)n(CCCSC)c(=O)c3cc2c1=O.CSCCCn1c(=O)c2cc3c(=O)n(CCCSC)c(=O)c3cc2c1=O. The van der Waals surface area contributed by atoms with Crippen molar-refractivity contribution in [1.82, 2.24) is 27.4 Å². The molecular formula is C54H60N6O12S6. The lowest BCUT2D eigenvalue weighted by Crippen LogP contribution is -2.26. The van der Waals surface area contributed by atoms with Crippen molar-refractivity contribution in [3.63, 3.8) is 0 Å². The van der Waals surface area contributed by atoms with Gasteiger partial charge in [-0.05, 0) is 147 Å². The molecule has 0 saturated heterocycles. The van der Waals surface area contributed by atoms with E-state index >= 15 is 0 Å². The summed E-state index contributed by atoms with van der Waals surface area (Å²) in [4.78, 5) is 151. The number of hydrogen-bond donors (Lipinski definition) is 0. The number of rotatable bonds is 24. The minimum atomic E-state index is -0.380. The maximum absolute atomic E-state index is 12.6. The average molecular weight is 1180 g/mol. The topological polar surface area (TPSA) is 234 Å². The summed E-state index contributed by atoms with van der Waals surface area (Å²) in [7, 11) is 0. The lowest BCUT2D eigenvalue weighted by molar-refractivity contribution is 0.653. The van der Waals surface area contributed by atoms with Crippen LogP contribution in [0.25, 0.3) is 64.6 Å². The van der Waals surface area contributed by atoms with E-state index in [0.717, 1.165) is 34.5 Å². The van der Waals surface area contributed by atoms with Crippen molar-refractivity contribution in [1.29, 1.82) is 0 Å². The Balaban J connectivity index is 0.000000170. The third-order valence-electron chi connectivity index (χ3n) is 13.6. The molecule has 0 saturated carbocycles. The van der Waals surface area contributed by atoms with E-state index in [-0.39, 0.29) is 131 Å². The highest BCUT2D eigenvalue weighted by molar-refractivity contribution is 7.99. The number of fused-ring (bicyclic) bond motifs is 6. The standard InChI is InChI=1S/3C18H20N2O4S2/c3*1-25-7-3-5-19-15(21)11-9-13-14(10-12(11)16(19)22)18(24)20(17(13)23)6-4-8-26-2/h3*9-10H,3-8H2,1-2H3. The van der Waals surface area contributed by atoms with Gasteiger partial charge in [0, 0.05) is 39.3 Å². The fraction of sp³-hybridized carbons (Fsp3) is 0.444. The highest BCUT2D eigenvalue weighted by Gasteiger charge is 2.22. The van der Waals surface area contributed by atoms with Crippen LogP contribution in [0, 0.1) is 0 Å². The van der Waals surface area contributed by atoms with Crippen molar-refractivity contribution in [2.75, 3.05) is 72.1 Å². The minimum absolute atomic E-state index is 0.227. The Morgan fingerprint density at radius 3 is 0.410 bits per heavy atom. The van der Waals surface area contributed by atoms with Gasteiger partial charge in [-0.1, -0.05) is 0 Å². The smallest absolute Gasteiger partial charge is 0.261 e. The van der Waals surface area contributed by atoms with E-state index in [1.54, 1.807) is 70.6 Å². The summed E-state index contributed by atoms with van der Waals surface area (Å²) in [5.41, 5.74) is -4.56. The molecule has 0 fully saturated rings. The monoisotopic (exact) mass is 1180 g/mol. The van der Waals surface area contributed by atoms with Gasteiger partial charge in [-0.3, -0.25) is 84.9 Å². The van der Waals surface area contributed by atoms with Gasteiger partial charge in [0.2, 0.25) is 0 Å². The van der Waals surface area contributed by atoms with Crippen LogP contribution in [-0.2, 0) is 39.3 Å². The van der Waals surface area contributed by atoms with E-state index in [4.69, 9.17) is 0 Å². The number of aromatic nitrogens is 6. The Labute approximate surface area is 470 Å². The van der Waals surface area contributed by atoms with E-state index in [1.807, 2.05) is 37.5 Å². The average Bonchev–Trinajstić information content (AvgIpc) is 4.15. The van der Waals surface area contributed by atoms with E-state index in [1.165, 1.54) is 63.8 Å². The molecule has 414 valence electrons. The molecule has 0 bridgehead atoms. The van der Waals surface area contributed by atoms with E-state index in [2.05, 4.69) is 0 Å². The number of nitrogens with zero attached hydrogens (tertiary/aromatic N) is 6.